The second-order valence-corrected chi connectivity index (χ2v) is 3.58. The van der Waals surface area contributed by atoms with Gasteiger partial charge in [-0.2, -0.15) is 0 Å². The van der Waals surface area contributed by atoms with Gasteiger partial charge in [-0.15, -0.1) is 11.3 Å². The van der Waals surface area contributed by atoms with E-state index in [9.17, 15) is 14.7 Å². The fraction of sp³-hybridized carbons (Fsp3) is 0.250. The van der Waals surface area contributed by atoms with Crippen molar-refractivity contribution >= 4 is 23.2 Å². The third kappa shape index (κ3) is 2.82. The topological polar surface area (TPSA) is 92.4 Å². The predicted octanol–water partition coefficient (Wildman–Crippen LogP) is -0.617. The van der Waals surface area contributed by atoms with Gasteiger partial charge in [0.15, 0.2) is 0 Å². The van der Waals surface area contributed by atoms with Crippen LogP contribution >= 0.6 is 11.3 Å². The summed E-state index contributed by atoms with van der Waals surface area (Å²) in [6, 6.07) is 3.53. The maximum atomic E-state index is 10.7. The third-order valence-electron chi connectivity index (χ3n) is 1.55. The van der Waals surface area contributed by atoms with Crippen molar-refractivity contribution in [3.63, 3.8) is 0 Å². The van der Waals surface area contributed by atoms with Crippen LogP contribution in [0.3, 0.4) is 0 Å². The Bertz CT molecular complexity index is 323. The summed E-state index contributed by atoms with van der Waals surface area (Å²) in [5.41, 5.74) is 4.71. The Kier molecular flexibility index (Phi) is 3.61. The zero-order chi connectivity index (χ0) is 10.6. The summed E-state index contributed by atoms with van der Waals surface area (Å²) in [5.74, 6) is -1.94. The summed E-state index contributed by atoms with van der Waals surface area (Å²) in [4.78, 5) is 21.8. The van der Waals surface area contributed by atoms with E-state index in [4.69, 9.17) is 5.73 Å². The quantitative estimate of drug-likeness (QED) is 0.586. The van der Waals surface area contributed by atoms with Crippen LogP contribution in [0.15, 0.2) is 17.5 Å². The van der Waals surface area contributed by atoms with Crippen molar-refractivity contribution in [1.29, 1.82) is 0 Å². The molecule has 0 aromatic carbocycles. The Morgan fingerprint density at radius 1 is 1.64 bits per heavy atom. The summed E-state index contributed by atoms with van der Waals surface area (Å²) >= 11 is 1.37. The molecule has 1 heterocycles. The minimum Gasteiger partial charge on any atom is -0.386 e. The molecule has 0 bridgehead atoms. The number of nitrogens with two attached hydrogens (primary N) is 1. The number of rotatable bonds is 3. The molecule has 0 aliphatic carbocycles. The molecular weight excluding hydrogens is 204 g/mol. The maximum Gasteiger partial charge on any atom is 0.309 e. The predicted molar refractivity (Wildman–Crippen MR) is 51.5 cm³/mol. The van der Waals surface area contributed by atoms with Crippen molar-refractivity contribution in [2.45, 2.75) is 6.10 Å². The lowest BCUT2D eigenvalue weighted by Crippen LogP contribution is -2.38. The molecule has 4 N–H and O–H groups in total. The molecule has 14 heavy (non-hydrogen) atoms. The highest BCUT2D eigenvalue weighted by molar-refractivity contribution is 7.10. The van der Waals surface area contributed by atoms with E-state index in [2.05, 4.69) is 5.32 Å². The molecular formula is C8H10N2O3S. The van der Waals surface area contributed by atoms with Crippen molar-refractivity contribution < 1.29 is 14.7 Å². The van der Waals surface area contributed by atoms with Crippen LogP contribution < -0.4 is 11.1 Å². The van der Waals surface area contributed by atoms with E-state index in [1.807, 2.05) is 5.38 Å². The number of aliphatic hydroxyl groups excluding tert-OH is 1. The number of carbonyl (C=O) groups is 2. The summed E-state index contributed by atoms with van der Waals surface area (Å²) in [6.07, 6.45) is -0.793. The van der Waals surface area contributed by atoms with E-state index in [0.29, 0.717) is 0 Å². The van der Waals surface area contributed by atoms with Crippen LogP contribution in [0.1, 0.15) is 11.0 Å². The van der Waals surface area contributed by atoms with E-state index in [0.717, 1.165) is 4.88 Å². The lowest BCUT2D eigenvalue weighted by Gasteiger charge is -2.08. The maximum absolute atomic E-state index is 10.7. The molecule has 0 radical (unpaired) electrons. The van der Waals surface area contributed by atoms with Gasteiger partial charge in [-0.3, -0.25) is 9.59 Å². The van der Waals surface area contributed by atoms with Crippen LogP contribution in [0, 0.1) is 0 Å². The smallest absolute Gasteiger partial charge is 0.309 e. The normalized spacial score (nSPS) is 12.1. The first-order chi connectivity index (χ1) is 6.61. The zero-order valence-electron chi connectivity index (χ0n) is 7.27. The molecule has 5 nitrogen and oxygen atoms in total. The van der Waals surface area contributed by atoms with E-state index in [1.165, 1.54) is 11.3 Å². The number of amides is 2. The Hall–Kier alpha value is -1.40. The highest BCUT2D eigenvalue weighted by atomic mass is 32.1. The van der Waals surface area contributed by atoms with Crippen molar-refractivity contribution in [1.82, 2.24) is 5.32 Å². The van der Waals surface area contributed by atoms with Gasteiger partial charge in [-0.1, -0.05) is 6.07 Å². The first-order valence-electron chi connectivity index (χ1n) is 3.90. The zero-order valence-corrected chi connectivity index (χ0v) is 8.08. The summed E-state index contributed by atoms with van der Waals surface area (Å²) in [6.45, 7) is -0.0116. The van der Waals surface area contributed by atoms with E-state index in [-0.39, 0.29) is 6.54 Å². The second kappa shape index (κ2) is 4.73. The second-order valence-electron chi connectivity index (χ2n) is 2.61. The van der Waals surface area contributed by atoms with Crippen LogP contribution in [-0.2, 0) is 9.59 Å². The minimum absolute atomic E-state index is 0.0116. The molecule has 0 aliphatic heterocycles. The van der Waals surface area contributed by atoms with Crippen LogP contribution in [0.25, 0.3) is 0 Å². The van der Waals surface area contributed by atoms with Crippen molar-refractivity contribution in [2.24, 2.45) is 5.73 Å². The Morgan fingerprint density at radius 3 is 2.86 bits per heavy atom. The van der Waals surface area contributed by atoms with Crippen molar-refractivity contribution in [3.8, 4) is 0 Å². The van der Waals surface area contributed by atoms with Crippen molar-refractivity contribution in [3.05, 3.63) is 22.4 Å². The molecule has 0 saturated carbocycles. The number of carbonyl (C=O) groups excluding carboxylic acids is 2. The van der Waals surface area contributed by atoms with Gasteiger partial charge in [0, 0.05) is 11.4 Å². The average Bonchev–Trinajstić information content (AvgIpc) is 2.66. The van der Waals surface area contributed by atoms with E-state index >= 15 is 0 Å². The fourth-order valence-corrected chi connectivity index (χ4v) is 1.57. The molecule has 0 spiro atoms. The number of nitrogens with one attached hydrogen (secondary N) is 1. The van der Waals surface area contributed by atoms with Crippen LogP contribution in [0.2, 0.25) is 0 Å². The molecule has 1 unspecified atom stereocenters. The van der Waals surface area contributed by atoms with E-state index < -0.39 is 17.9 Å². The number of thiophene rings is 1. The molecule has 0 aliphatic rings. The number of hydrogen-bond donors (Lipinski definition) is 3. The molecule has 6 heteroatoms. The Balaban J connectivity index is 2.39. The molecule has 2 amide bonds. The van der Waals surface area contributed by atoms with Crippen LogP contribution in [0.5, 0.6) is 0 Å². The molecule has 1 rings (SSSR count). The first kappa shape index (κ1) is 10.7. The van der Waals surface area contributed by atoms with Gasteiger partial charge in [0.1, 0.15) is 6.10 Å². The SMILES string of the molecule is NC(=O)C(=O)NCC(O)c1cccs1. The third-order valence-corrected chi connectivity index (χ3v) is 2.52. The molecule has 1 aromatic rings. The van der Waals surface area contributed by atoms with Gasteiger partial charge in [-0.25, -0.2) is 0 Å². The van der Waals surface area contributed by atoms with Crippen LogP contribution in [-0.4, -0.2) is 23.5 Å². The van der Waals surface area contributed by atoms with Gasteiger partial charge in [0.2, 0.25) is 0 Å². The first-order valence-corrected chi connectivity index (χ1v) is 4.78. The largest absolute Gasteiger partial charge is 0.386 e. The fourth-order valence-electron chi connectivity index (χ4n) is 0.858. The molecule has 0 saturated heterocycles. The highest BCUT2D eigenvalue weighted by Crippen LogP contribution is 2.17. The van der Waals surface area contributed by atoms with Gasteiger partial charge in [0.05, 0.1) is 0 Å². The lowest BCUT2D eigenvalue weighted by atomic mass is 10.3. The average molecular weight is 214 g/mol. The molecule has 76 valence electrons. The van der Waals surface area contributed by atoms with Gasteiger partial charge < -0.3 is 16.2 Å². The lowest BCUT2D eigenvalue weighted by molar-refractivity contribution is -0.137. The van der Waals surface area contributed by atoms with Crippen LogP contribution in [0.4, 0.5) is 0 Å². The monoisotopic (exact) mass is 214 g/mol. The standard InChI is InChI=1S/C8H10N2O3S/c9-7(12)8(13)10-4-5(11)6-2-1-3-14-6/h1-3,5,11H,4H2,(H2,9,12)(H,10,13). The number of primary amides is 1. The Labute approximate surface area is 84.5 Å². The molecule has 1 aromatic heterocycles. The number of hydrogen-bond acceptors (Lipinski definition) is 4. The van der Waals surface area contributed by atoms with Gasteiger partial charge in [-0.05, 0) is 11.4 Å². The van der Waals surface area contributed by atoms with Gasteiger partial charge >= 0.3 is 11.8 Å². The van der Waals surface area contributed by atoms with E-state index in [1.54, 1.807) is 12.1 Å². The van der Waals surface area contributed by atoms with Gasteiger partial charge in [0.25, 0.3) is 0 Å². The highest BCUT2D eigenvalue weighted by Gasteiger charge is 2.12. The number of aliphatic hydroxyl groups is 1. The molecule has 0 fully saturated rings. The van der Waals surface area contributed by atoms with Crippen molar-refractivity contribution in [2.75, 3.05) is 6.54 Å². The minimum atomic E-state index is -1.05. The summed E-state index contributed by atoms with van der Waals surface area (Å²) in [7, 11) is 0. The molecule has 1 atom stereocenters. The Morgan fingerprint density at radius 2 is 2.36 bits per heavy atom. The summed E-state index contributed by atoms with van der Waals surface area (Å²) in [5, 5.41) is 13.5. The summed E-state index contributed by atoms with van der Waals surface area (Å²) < 4.78 is 0.